The highest BCUT2D eigenvalue weighted by Gasteiger charge is 2.05. The Morgan fingerprint density at radius 1 is 0.667 bits per heavy atom. The van der Waals surface area contributed by atoms with Crippen molar-refractivity contribution in [3.63, 3.8) is 0 Å². The SMILES string of the molecule is CSCCSCCSc1cscc1SCCSCCSC. The lowest BCUT2D eigenvalue weighted by atomic mass is 10.7. The lowest BCUT2D eigenvalue weighted by Gasteiger charge is -2.04. The van der Waals surface area contributed by atoms with Gasteiger partial charge in [0.2, 0.25) is 0 Å². The molecule has 0 saturated heterocycles. The van der Waals surface area contributed by atoms with Crippen LogP contribution in [-0.2, 0) is 0 Å². The van der Waals surface area contributed by atoms with Crippen molar-refractivity contribution < 1.29 is 0 Å². The summed E-state index contributed by atoms with van der Waals surface area (Å²) in [5.74, 6) is 10.2. The molecule has 0 amide bonds. The van der Waals surface area contributed by atoms with Crippen LogP contribution in [0.3, 0.4) is 0 Å². The summed E-state index contributed by atoms with van der Waals surface area (Å²) in [6.45, 7) is 0. The molecule has 0 aliphatic rings. The van der Waals surface area contributed by atoms with Crippen LogP contribution in [0.4, 0.5) is 0 Å². The maximum atomic E-state index is 2.32. The highest BCUT2D eigenvalue weighted by atomic mass is 32.2. The smallest absolute Gasteiger partial charge is 0.0315 e. The molecule has 1 rings (SSSR count). The molecule has 0 N–H and O–H groups in total. The van der Waals surface area contributed by atoms with Crippen LogP contribution in [0.2, 0.25) is 0 Å². The van der Waals surface area contributed by atoms with Crippen molar-refractivity contribution >= 4 is 81.9 Å². The number of rotatable bonds is 14. The molecule has 0 saturated carbocycles. The van der Waals surface area contributed by atoms with E-state index in [2.05, 4.69) is 46.8 Å². The van der Waals surface area contributed by atoms with Crippen LogP contribution in [0.25, 0.3) is 0 Å². The highest BCUT2D eigenvalue weighted by Crippen LogP contribution is 2.34. The molecule has 1 aromatic rings. The molecule has 21 heavy (non-hydrogen) atoms. The van der Waals surface area contributed by atoms with E-state index in [1.54, 1.807) is 0 Å². The van der Waals surface area contributed by atoms with Gasteiger partial charge in [0.05, 0.1) is 0 Å². The van der Waals surface area contributed by atoms with E-state index >= 15 is 0 Å². The molecule has 1 aromatic heterocycles. The molecule has 0 aliphatic carbocycles. The number of thioether (sulfide) groups is 6. The standard InChI is InChI=1S/C14H24S7/c1-15-3-5-17-7-9-20-13-11-19-12-14(13)21-10-8-18-6-4-16-2/h11-12H,3-10H2,1-2H3. The summed E-state index contributed by atoms with van der Waals surface area (Å²) in [5.41, 5.74) is 0. The Balaban J connectivity index is 2.09. The van der Waals surface area contributed by atoms with Crippen molar-refractivity contribution in [2.75, 3.05) is 58.5 Å². The summed E-state index contributed by atoms with van der Waals surface area (Å²) >= 11 is 14.0. The summed E-state index contributed by atoms with van der Waals surface area (Å²) in [5, 5.41) is 4.64. The number of hydrogen-bond donors (Lipinski definition) is 0. The summed E-state index contributed by atoms with van der Waals surface area (Å²) in [6, 6.07) is 0. The van der Waals surface area contributed by atoms with Gasteiger partial charge in [0.15, 0.2) is 0 Å². The molecule has 0 nitrogen and oxygen atoms in total. The summed E-state index contributed by atoms with van der Waals surface area (Å²) in [6.07, 6.45) is 4.37. The van der Waals surface area contributed by atoms with Crippen LogP contribution in [0.1, 0.15) is 0 Å². The van der Waals surface area contributed by atoms with Gasteiger partial charge < -0.3 is 0 Å². The second kappa shape index (κ2) is 15.3. The number of thiophene rings is 1. The Bertz CT molecular complexity index is 309. The third-order valence-electron chi connectivity index (χ3n) is 2.43. The van der Waals surface area contributed by atoms with Crippen molar-refractivity contribution in [1.29, 1.82) is 0 Å². The lowest BCUT2D eigenvalue weighted by molar-refractivity contribution is 1.32. The molecule has 0 fully saturated rings. The van der Waals surface area contributed by atoms with Crippen molar-refractivity contribution in [2.45, 2.75) is 9.79 Å². The number of hydrogen-bond acceptors (Lipinski definition) is 7. The zero-order valence-electron chi connectivity index (χ0n) is 12.7. The van der Waals surface area contributed by atoms with Gasteiger partial charge in [-0.15, -0.1) is 23.5 Å². The van der Waals surface area contributed by atoms with Crippen molar-refractivity contribution in [3.8, 4) is 0 Å². The van der Waals surface area contributed by atoms with E-state index in [-0.39, 0.29) is 0 Å². The topological polar surface area (TPSA) is 0 Å². The maximum Gasteiger partial charge on any atom is 0.0315 e. The van der Waals surface area contributed by atoms with Crippen LogP contribution in [-0.4, -0.2) is 58.5 Å². The van der Waals surface area contributed by atoms with Gasteiger partial charge in [-0.1, -0.05) is 0 Å². The second-order valence-corrected chi connectivity index (χ2v) is 11.4. The summed E-state index contributed by atoms with van der Waals surface area (Å²) < 4.78 is 0. The average molecular weight is 417 g/mol. The molecule has 0 aliphatic heterocycles. The largest absolute Gasteiger partial charge is 0.165 e. The van der Waals surface area contributed by atoms with Crippen LogP contribution in [0, 0.1) is 0 Å². The molecule has 7 heteroatoms. The Morgan fingerprint density at radius 3 is 1.52 bits per heavy atom. The molecule has 0 spiro atoms. The second-order valence-electron chi connectivity index (χ2n) is 4.01. The van der Waals surface area contributed by atoms with Crippen molar-refractivity contribution in [1.82, 2.24) is 0 Å². The van der Waals surface area contributed by atoms with E-state index in [1.807, 2.05) is 58.4 Å². The first-order valence-electron chi connectivity index (χ1n) is 6.83. The Labute approximate surface area is 159 Å². The minimum atomic E-state index is 1.24. The third kappa shape index (κ3) is 11.1. The molecule has 1 heterocycles. The van der Waals surface area contributed by atoms with Crippen LogP contribution in [0.15, 0.2) is 20.6 Å². The van der Waals surface area contributed by atoms with Crippen LogP contribution < -0.4 is 0 Å². The van der Waals surface area contributed by atoms with E-state index in [0.717, 1.165) is 0 Å². The predicted octanol–water partition coefficient (Wildman–Crippen LogP) is 6.12. The monoisotopic (exact) mass is 416 g/mol. The van der Waals surface area contributed by atoms with Gasteiger partial charge in [0.25, 0.3) is 0 Å². The third-order valence-corrected chi connectivity index (χ3v) is 9.94. The molecule has 122 valence electrons. The van der Waals surface area contributed by atoms with Crippen LogP contribution in [0.5, 0.6) is 0 Å². The van der Waals surface area contributed by atoms with Crippen molar-refractivity contribution in [3.05, 3.63) is 10.8 Å². The van der Waals surface area contributed by atoms with E-state index in [1.165, 1.54) is 55.8 Å². The molecular formula is C14H24S7. The van der Waals surface area contributed by atoms with Gasteiger partial charge in [-0.2, -0.15) is 58.4 Å². The van der Waals surface area contributed by atoms with E-state index in [0.29, 0.717) is 0 Å². The van der Waals surface area contributed by atoms with Gasteiger partial charge in [-0.25, -0.2) is 0 Å². The molecule has 0 aromatic carbocycles. The fourth-order valence-corrected chi connectivity index (χ4v) is 8.48. The fourth-order valence-electron chi connectivity index (χ4n) is 1.39. The normalized spacial score (nSPS) is 11.1. The molecular weight excluding hydrogens is 393 g/mol. The molecule has 0 unspecified atom stereocenters. The Hall–Kier alpha value is 1.80. The summed E-state index contributed by atoms with van der Waals surface area (Å²) in [4.78, 5) is 3.01. The van der Waals surface area contributed by atoms with E-state index in [9.17, 15) is 0 Å². The zero-order valence-corrected chi connectivity index (χ0v) is 18.4. The zero-order chi connectivity index (χ0) is 15.2. The first kappa shape index (κ1) is 20.8. The van der Waals surface area contributed by atoms with E-state index in [4.69, 9.17) is 0 Å². The minimum Gasteiger partial charge on any atom is -0.165 e. The average Bonchev–Trinajstić information content (AvgIpc) is 2.94. The van der Waals surface area contributed by atoms with Gasteiger partial charge in [0.1, 0.15) is 0 Å². The van der Waals surface area contributed by atoms with Crippen molar-refractivity contribution in [2.24, 2.45) is 0 Å². The molecule has 0 radical (unpaired) electrons. The van der Waals surface area contributed by atoms with Gasteiger partial charge in [0, 0.05) is 66.6 Å². The lowest BCUT2D eigenvalue weighted by Crippen LogP contribution is -1.90. The fraction of sp³-hybridized carbons (Fsp3) is 0.714. The maximum absolute atomic E-state index is 2.32. The predicted molar refractivity (Wildman–Crippen MR) is 117 cm³/mol. The van der Waals surface area contributed by atoms with Gasteiger partial charge in [-0.05, 0) is 12.5 Å². The minimum absolute atomic E-state index is 1.24. The quantitative estimate of drug-likeness (QED) is 0.262. The Morgan fingerprint density at radius 2 is 1.10 bits per heavy atom. The molecule has 0 atom stereocenters. The Kier molecular flexibility index (Phi) is 15.2. The first-order chi connectivity index (χ1) is 10.4. The summed E-state index contributed by atoms with van der Waals surface area (Å²) in [7, 11) is 0. The highest BCUT2D eigenvalue weighted by molar-refractivity contribution is 8.06. The molecule has 0 bridgehead atoms. The first-order valence-corrected chi connectivity index (χ1v) is 14.8. The van der Waals surface area contributed by atoms with Gasteiger partial charge in [-0.3, -0.25) is 0 Å². The van der Waals surface area contributed by atoms with Gasteiger partial charge >= 0.3 is 0 Å². The van der Waals surface area contributed by atoms with E-state index < -0.39 is 0 Å². The van der Waals surface area contributed by atoms with Crippen LogP contribution >= 0.6 is 81.9 Å².